The number of hydrogen-bond donors (Lipinski definition) is 0. The minimum Gasteiger partial charge on any atom is -0.365 e. The molecule has 3 aliphatic rings. The van der Waals surface area contributed by atoms with Crippen molar-refractivity contribution in [1.82, 2.24) is 4.90 Å². The molecule has 0 N–H and O–H groups in total. The highest BCUT2D eigenvalue weighted by atomic mass is 16.5. The fourth-order valence-electron chi connectivity index (χ4n) is 3.80. The van der Waals surface area contributed by atoms with Crippen LogP contribution in [0.3, 0.4) is 0 Å². The monoisotopic (exact) mass is 319 g/mol. The van der Waals surface area contributed by atoms with Crippen LogP contribution in [0.4, 0.5) is 0 Å². The molecule has 0 aromatic heterocycles. The van der Waals surface area contributed by atoms with E-state index in [4.69, 9.17) is 4.74 Å². The number of piperidine rings is 1. The zero-order valence-corrected chi connectivity index (χ0v) is 13.7. The Hall–Kier alpha value is -2.39. The van der Waals surface area contributed by atoms with E-state index >= 15 is 0 Å². The molecule has 0 unspecified atom stereocenters. The zero-order valence-electron chi connectivity index (χ0n) is 13.7. The van der Waals surface area contributed by atoms with Crippen molar-refractivity contribution in [2.45, 2.75) is 18.4 Å². The minimum atomic E-state index is -0.203. The number of carbonyl (C=O) groups is 1. The molecule has 1 aromatic carbocycles. The first-order valence-electron chi connectivity index (χ1n) is 8.44. The zero-order chi connectivity index (χ0) is 16.6. The van der Waals surface area contributed by atoms with Crippen molar-refractivity contribution in [1.29, 1.82) is 0 Å². The van der Waals surface area contributed by atoms with Gasteiger partial charge >= 0.3 is 0 Å². The summed E-state index contributed by atoms with van der Waals surface area (Å²) in [6.07, 6.45) is 9.52. The Bertz CT molecular complexity index is 762. The molecule has 2 aliphatic heterocycles. The second-order valence-corrected chi connectivity index (χ2v) is 6.65. The maximum Gasteiger partial charge on any atom is 0.246 e. The number of likely N-dealkylation sites (tertiary alicyclic amines) is 1. The van der Waals surface area contributed by atoms with Crippen LogP contribution >= 0.6 is 0 Å². The molecule has 2 fully saturated rings. The van der Waals surface area contributed by atoms with Crippen molar-refractivity contribution >= 4 is 12.0 Å². The van der Waals surface area contributed by atoms with Crippen LogP contribution in [0, 0.1) is 0 Å². The van der Waals surface area contributed by atoms with Gasteiger partial charge < -0.3 is 9.64 Å². The van der Waals surface area contributed by atoms with E-state index in [9.17, 15) is 4.79 Å². The van der Waals surface area contributed by atoms with Crippen LogP contribution < -0.4 is 0 Å². The van der Waals surface area contributed by atoms with Crippen LogP contribution in [0.2, 0.25) is 0 Å². The molecule has 0 radical (unpaired) electrons. The van der Waals surface area contributed by atoms with Gasteiger partial charge in [-0.05, 0) is 53.4 Å². The number of amides is 1. The van der Waals surface area contributed by atoms with Gasteiger partial charge in [-0.3, -0.25) is 4.79 Å². The van der Waals surface area contributed by atoms with Crippen LogP contribution in [-0.4, -0.2) is 36.1 Å². The largest absolute Gasteiger partial charge is 0.365 e. The first-order chi connectivity index (χ1) is 11.7. The fraction of sp³-hybridized carbons (Fsp3) is 0.286. The molecule has 2 heterocycles. The summed E-state index contributed by atoms with van der Waals surface area (Å²) in [4.78, 5) is 14.3. The summed E-state index contributed by atoms with van der Waals surface area (Å²) < 4.78 is 6.12. The van der Waals surface area contributed by atoms with Gasteiger partial charge in [-0.1, -0.05) is 36.9 Å². The van der Waals surface area contributed by atoms with E-state index in [1.807, 2.05) is 41.3 Å². The summed E-state index contributed by atoms with van der Waals surface area (Å²) in [6, 6.07) is 9.91. The Morgan fingerprint density at radius 2 is 1.92 bits per heavy atom. The standard InChI is InChI=1S/C21H21NO2/c1-16-13-18-15-24-21(19(18)14-16)9-11-22(12-10-21)20(23)8-7-17-5-3-2-4-6-17/h2-8,13-14H,1,9-12,15H2/b8-7+. The lowest BCUT2D eigenvalue weighted by atomic mass is 9.83. The van der Waals surface area contributed by atoms with Crippen LogP contribution in [0.1, 0.15) is 18.4 Å². The highest BCUT2D eigenvalue weighted by Gasteiger charge is 2.46. The second-order valence-electron chi connectivity index (χ2n) is 6.65. The summed E-state index contributed by atoms with van der Waals surface area (Å²) in [5.74, 6) is 0.0762. The average Bonchev–Trinajstić information content (AvgIpc) is 3.14. The quantitative estimate of drug-likeness (QED) is 0.781. The predicted octanol–water partition coefficient (Wildman–Crippen LogP) is 3.51. The summed E-state index contributed by atoms with van der Waals surface area (Å²) in [6.45, 7) is 6.16. The minimum absolute atomic E-state index is 0.0762. The number of benzene rings is 1. The topological polar surface area (TPSA) is 29.5 Å². The molecule has 1 aromatic rings. The summed E-state index contributed by atoms with van der Waals surface area (Å²) >= 11 is 0. The summed E-state index contributed by atoms with van der Waals surface area (Å²) in [5, 5.41) is 0. The highest BCUT2D eigenvalue weighted by Crippen LogP contribution is 2.46. The number of rotatable bonds is 2. The first-order valence-corrected chi connectivity index (χ1v) is 8.44. The average molecular weight is 319 g/mol. The van der Waals surface area contributed by atoms with Gasteiger partial charge in [-0.2, -0.15) is 0 Å². The van der Waals surface area contributed by atoms with Gasteiger partial charge in [0.1, 0.15) is 0 Å². The van der Waals surface area contributed by atoms with Crippen molar-refractivity contribution in [3.63, 3.8) is 0 Å². The van der Waals surface area contributed by atoms with Gasteiger partial charge in [-0.25, -0.2) is 0 Å². The highest BCUT2D eigenvalue weighted by molar-refractivity contribution is 5.91. The van der Waals surface area contributed by atoms with Crippen LogP contribution in [0.5, 0.6) is 0 Å². The third-order valence-electron chi connectivity index (χ3n) is 5.13. The van der Waals surface area contributed by atoms with Crippen molar-refractivity contribution in [2.75, 3.05) is 19.7 Å². The molecule has 1 spiro atoms. The van der Waals surface area contributed by atoms with Crippen LogP contribution in [-0.2, 0) is 9.53 Å². The smallest absolute Gasteiger partial charge is 0.246 e. The first kappa shape index (κ1) is 15.2. The van der Waals surface area contributed by atoms with E-state index in [0.717, 1.165) is 37.1 Å². The number of carbonyl (C=O) groups excluding carboxylic acids is 1. The number of hydrogen-bond acceptors (Lipinski definition) is 2. The third kappa shape index (κ3) is 2.65. The number of allylic oxidation sites excluding steroid dienone is 3. The lowest BCUT2D eigenvalue weighted by Crippen LogP contribution is -2.46. The van der Waals surface area contributed by atoms with Crippen molar-refractivity contribution < 1.29 is 9.53 Å². The van der Waals surface area contributed by atoms with Gasteiger partial charge in [0.2, 0.25) is 5.91 Å². The van der Waals surface area contributed by atoms with E-state index in [-0.39, 0.29) is 11.5 Å². The molecule has 1 amide bonds. The van der Waals surface area contributed by atoms with Crippen molar-refractivity contribution in [2.24, 2.45) is 0 Å². The predicted molar refractivity (Wildman–Crippen MR) is 95.3 cm³/mol. The normalized spacial score (nSPS) is 22.0. The molecular formula is C21H21NO2. The third-order valence-corrected chi connectivity index (χ3v) is 5.13. The molecule has 0 atom stereocenters. The summed E-state index contributed by atoms with van der Waals surface area (Å²) in [7, 11) is 0. The molecule has 0 bridgehead atoms. The van der Waals surface area contributed by atoms with Gasteiger partial charge in [0.25, 0.3) is 0 Å². The molecule has 24 heavy (non-hydrogen) atoms. The number of nitrogens with zero attached hydrogens (tertiary/aromatic N) is 1. The van der Waals surface area contributed by atoms with E-state index in [0.29, 0.717) is 6.61 Å². The van der Waals surface area contributed by atoms with E-state index < -0.39 is 0 Å². The van der Waals surface area contributed by atoms with Gasteiger partial charge in [-0.15, -0.1) is 0 Å². The maximum atomic E-state index is 12.4. The SMILES string of the molecule is C=C1C=C2COC3(CCN(C(=O)/C=C/c4ccccc4)CC3)C2=C1. The van der Waals surface area contributed by atoms with Crippen molar-refractivity contribution in [3.8, 4) is 0 Å². The fourth-order valence-corrected chi connectivity index (χ4v) is 3.80. The second kappa shape index (κ2) is 5.91. The van der Waals surface area contributed by atoms with Gasteiger partial charge in [0.15, 0.2) is 0 Å². The molecule has 1 aliphatic carbocycles. The lowest BCUT2D eigenvalue weighted by molar-refractivity contribution is -0.129. The molecule has 4 rings (SSSR count). The van der Waals surface area contributed by atoms with Crippen LogP contribution in [0.25, 0.3) is 6.08 Å². The Morgan fingerprint density at radius 3 is 2.67 bits per heavy atom. The Labute approximate surface area is 142 Å². The molecule has 122 valence electrons. The maximum absolute atomic E-state index is 12.4. The van der Waals surface area contributed by atoms with Gasteiger partial charge in [0, 0.05) is 19.2 Å². The van der Waals surface area contributed by atoms with Gasteiger partial charge in [0.05, 0.1) is 12.2 Å². The van der Waals surface area contributed by atoms with E-state index in [1.165, 1.54) is 11.1 Å². The Morgan fingerprint density at radius 1 is 1.17 bits per heavy atom. The molecular weight excluding hydrogens is 298 g/mol. The molecule has 0 saturated carbocycles. The molecule has 3 heteroatoms. The van der Waals surface area contributed by atoms with E-state index in [2.05, 4.69) is 18.7 Å². The van der Waals surface area contributed by atoms with Crippen LogP contribution in [0.15, 0.2) is 71.9 Å². The lowest BCUT2D eigenvalue weighted by Gasteiger charge is -2.39. The molecule has 2 saturated heterocycles. The number of ether oxygens (including phenoxy) is 1. The Kier molecular flexibility index (Phi) is 3.73. The number of fused-ring (bicyclic) bond motifs is 2. The molecule has 3 nitrogen and oxygen atoms in total. The van der Waals surface area contributed by atoms with Crippen molar-refractivity contribution in [3.05, 3.63) is 77.4 Å². The van der Waals surface area contributed by atoms with E-state index in [1.54, 1.807) is 6.08 Å². The summed E-state index contributed by atoms with van der Waals surface area (Å²) in [5.41, 5.74) is 4.46. The Balaban J connectivity index is 1.41.